The van der Waals surface area contributed by atoms with Crippen LogP contribution in [-0.4, -0.2) is 25.2 Å². The van der Waals surface area contributed by atoms with Gasteiger partial charge in [-0.25, -0.2) is 0 Å². The molecule has 0 amide bonds. The van der Waals surface area contributed by atoms with Crippen molar-refractivity contribution in [1.82, 2.24) is 0 Å². The number of hydrogen-bond donors (Lipinski definition) is 0. The van der Waals surface area contributed by atoms with E-state index in [1.165, 1.54) is 0 Å². The van der Waals surface area contributed by atoms with Gasteiger partial charge in [-0.2, -0.15) is 0 Å². The molecule has 0 radical (unpaired) electrons. The van der Waals surface area contributed by atoms with E-state index in [0.717, 1.165) is 0 Å². The third kappa shape index (κ3) is 9.24. The van der Waals surface area contributed by atoms with Crippen LogP contribution in [0.5, 0.6) is 0 Å². The minimum absolute atomic E-state index is 0.183. The van der Waals surface area contributed by atoms with Crippen LogP contribution in [0, 0.1) is 0 Å². The lowest BCUT2D eigenvalue weighted by atomic mass is 10.2. The molecule has 0 heterocycles. The number of hydrogen-bond acceptors (Lipinski definition) is 4. The molecule has 0 rings (SSSR count). The first-order valence-electron chi connectivity index (χ1n) is 5.66. The quantitative estimate of drug-likeness (QED) is 0.472. The minimum Gasteiger partial charge on any atom is -0.466 e. The van der Waals surface area contributed by atoms with E-state index in [2.05, 4.69) is 0 Å². The second kappa shape index (κ2) is 10.2. The Bertz CT molecular complexity index is 209. The van der Waals surface area contributed by atoms with Crippen LogP contribution in [0.25, 0.3) is 0 Å². The highest BCUT2D eigenvalue weighted by molar-refractivity contribution is 5.69. The number of esters is 2. The van der Waals surface area contributed by atoms with E-state index in [1.54, 1.807) is 13.8 Å². The van der Waals surface area contributed by atoms with Gasteiger partial charge in [-0.3, -0.25) is 9.59 Å². The third-order valence-corrected chi connectivity index (χ3v) is 1.81. The molecule has 0 saturated heterocycles. The van der Waals surface area contributed by atoms with Crippen molar-refractivity contribution < 1.29 is 19.1 Å². The van der Waals surface area contributed by atoms with Gasteiger partial charge < -0.3 is 9.47 Å². The Labute approximate surface area is 96.6 Å². The SMILES string of the molecule is CCOC(=O)CCC=CCCC(=O)OCC. The van der Waals surface area contributed by atoms with Crippen molar-refractivity contribution in [3.63, 3.8) is 0 Å². The van der Waals surface area contributed by atoms with Crippen LogP contribution in [-0.2, 0) is 19.1 Å². The van der Waals surface area contributed by atoms with Crippen LogP contribution in [0.1, 0.15) is 39.5 Å². The van der Waals surface area contributed by atoms with Gasteiger partial charge in [0.15, 0.2) is 0 Å². The van der Waals surface area contributed by atoms with Gasteiger partial charge in [0.2, 0.25) is 0 Å². The summed E-state index contributed by atoms with van der Waals surface area (Å²) in [5.41, 5.74) is 0. The minimum atomic E-state index is -0.183. The van der Waals surface area contributed by atoms with Crippen molar-refractivity contribution in [1.29, 1.82) is 0 Å². The molecule has 0 unspecified atom stereocenters. The Hall–Kier alpha value is -1.32. The lowest BCUT2D eigenvalue weighted by Crippen LogP contribution is -2.03. The maximum absolute atomic E-state index is 10.9. The van der Waals surface area contributed by atoms with Crippen LogP contribution in [0.3, 0.4) is 0 Å². The molecule has 92 valence electrons. The first kappa shape index (κ1) is 14.7. The maximum Gasteiger partial charge on any atom is 0.306 e. The number of ether oxygens (including phenoxy) is 2. The van der Waals surface area contributed by atoms with Crippen molar-refractivity contribution in [3.05, 3.63) is 12.2 Å². The highest BCUT2D eigenvalue weighted by Crippen LogP contribution is 1.98. The second-order valence-electron chi connectivity index (χ2n) is 3.16. The zero-order valence-electron chi connectivity index (χ0n) is 10.0. The molecule has 0 atom stereocenters. The first-order chi connectivity index (χ1) is 7.70. The van der Waals surface area contributed by atoms with Gasteiger partial charge in [-0.1, -0.05) is 12.2 Å². The predicted octanol–water partition coefficient (Wildman–Crippen LogP) is 2.23. The molecule has 16 heavy (non-hydrogen) atoms. The Kier molecular flexibility index (Phi) is 9.36. The summed E-state index contributed by atoms with van der Waals surface area (Å²) in [4.78, 5) is 21.9. The predicted molar refractivity (Wildman–Crippen MR) is 60.9 cm³/mol. The molecular weight excluding hydrogens is 208 g/mol. The van der Waals surface area contributed by atoms with Crippen LogP contribution in [0.15, 0.2) is 12.2 Å². The standard InChI is InChI=1S/C12H20O4/c1-3-15-11(13)9-7-5-6-8-10-12(14)16-4-2/h5-6H,3-4,7-10H2,1-2H3. The van der Waals surface area contributed by atoms with E-state index >= 15 is 0 Å². The average molecular weight is 228 g/mol. The fourth-order valence-electron chi connectivity index (χ4n) is 1.10. The second-order valence-corrected chi connectivity index (χ2v) is 3.16. The van der Waals surface area contributed by atoms with Crippen LogP contribution < -0.4 is 0 Å². The summed E-state index contributed by atoms with van der Waals surface area (Å²) < 4.78 is 9.54. The number of allylic oxidation sites excluding steroid dienone is 2. The Morgan fingerprint density at radius 1 is 0.875 bits per heavy atom. The summed E-state index contributed by atoms with van der Waals surface area (Å²) >= 11 is 0. The van der Waals surface area contributed by atoms with Gasteiger partial charge in [0, 0.05) is 12.8 Å². The van der Waals surface area contributed by atoms with E-state index < -0.39 is 0 Å². The van der Waals surface area contributed by atoms with Crippen molar-refractivity contribution in [2.75, 3.05) is 13.2 Å². The summed E-state index contributed by atoms with van der Waals surface area (Å²) in [5, 5.41) is 0. The molecule has 0 fully saturated rings. The number of rotatable bonds is 8. The molecule has 0 N–H and O–H groups in total. The maximum atomic E-state index is 10.9. The van der Waals surface area contributed by atoms with Gasteiger partial charge in [0.1, 0.15) is 0 Å². The average Bonchev–Trinajstić information content (AvgIpc) is 2.24. The molecule has 0 aromatic heterocycles. The Morgan fingerprint density at radius 3 is 1.56 bits per heavy atom. The van der Waals surface area contributed by atoms with Gasteiger partial charge >= 0.3 is 11.9 Å². The molecule has 4 heteroatoms. The third-order valence-electron chi connectivity index (χ3n) is 1.81. The lowest BCUT2D eigenvalue weighted by Gasteiger charge is -1.99. The molecule has 0 saturated carbocycles. The molecule has 0 aliphatic carbocycles. The van der Waals surface area contributed by atoms with Crippen molar-refractivity contribution in [3.8, 4) is 0 Å². The van der Waals surface area contributed by atoms with Gasteiger partial charge in [0.05, 0.1) is 13.2 Å². The Balaban J connectivity index is 3.41. The van der Waals surface area contributed by atoms with E-state index in [4.69, 9.17) is 9.47 Å². The largest absolute Gasteiger partial charge is 0.466 e. The molecule has 0 spiro atoms. The Morgan fingerprint density at radius 2 is 1.25 bits per heavy atom. The topological polar surface area (TPSA) is 52.6 Å². The summed E-state index contributed by atoms with van der Waals surface area (Å²) in [7, 11) is 0. The van der Waals surface area contributed by atoms with Crippen LogP contribution >= 0.6 is 0 Å². The monoisotopic (exact) mass is 228 g/mol. The van der Waals surface area contributed by atoms with Crippen molar-refractivity contribution in [2.45, 2.75) is 39.5 Å². The summed E-state index contributed by atoms with van der Waals surface area (Å²) in [6, 6.07) is 0. The zero-order chi connectivity index (χ0) is 12.2. The lowest BCUT2D eigenvalue weighted by molar-refractivity contribution is -0.144. The summed E-state index contributed by atoms with van der Waals surface area (Å²) in [6.45, 7) is 4.41. The normalized spacial score (nSPS) is 10.4. The molecule has 0 aromatic carbocycles. The molecule has 0 aliphatic heterocycles. The van der Waals surface area contributed by atoms with Gasteiger partial charge in [0.25, 0.3) is 0 Å². The molecule has 4 nitrogen and oxygen atoms in total. The van der Waals surface area contributed by atoms with E-state index in [9.17, 15) is 9.59 Å². The molecule has 0 bridgehead atoms. The smallest absolute Gasteiger partial charge is 0.306 e. The fourth-order valence-corrected chi connectivity index (χ4v) is 1.10. The van der Waals surface area contributed by atoms with E-state index in [-0.39, 0.29) is 11.9 Å². The number of carbonyl (C=O) groups excluding carboxylic acids is 2. The van der Waals surface area contributed by atoms with E-state index in [0.29, 0.717) is 38.9 Å². The van der Waals surface area contributed by atoms with Gasteiger partial charge in [-0.15, -0.1) is 0 Å². The summed E-state index contributed by atoms with van der Waals surface area (Å²) in [6.07, 6.45) is 5.86. The van der Waals surface area contributed by atoms with Crippen molar-refractivity contribution in [2.24, 2.45) is 0 Å². The highest BCUT2D eigenvalue weighted by atomic mass is 16.5. The fraction of sp³-hybridized carbons (Fsp3) is 0.667. The summed E-state index contributed by atoms with van der Waals surface area (Å²) in [5.74, 6) is -0.366. The first-order valence-corrected chi connectivity index (χ1v) is 5.66. The zero-order valence-corrected chi connectivity index (χ0v) is 10.0. The van der Waals surface area contributed by atoms with Crippen LogP contribution in [0.2, 0.25) is 0 Å². The number of carbonyl (C=O) groups is 2. The van der Waals surface area contributed by atoms with Crippen molar-refractivity contribution >= 4 is 11.9 Å². The van der Waals surface area contributed by atoms with E-state index in [1.807, 2.05) is 12.2 Å². The highest BCUT2D eigenvalue weighted by Gasteiger charge is 1.99. The molecule has 0 aromatic rings. The van der Waals surface area contributed by atoms with Gasteiger partial charge in [-0.05, 0) is 26.7 Å². The van der Waals surface area contributed by atoms with Crippen LogP contribution in [0.4, 0.5) is 0 Å². The molecular formula is C12H20O4. The molecule has 0 aliphatic rings.